The number of hydrogen-bond acceptors (Lipinski definition) is 7. The fourth-order valence-electron chi connectivity index (χ4n) is 3.01. The van der Waals surface area contributed by atoms with Crippen molar-refractivity contribution < 1.29 is 9.32 Å². The second kappa shape index (κ2) is 6.06. The van der Waals surface area contributed by atoms with Gasteiger partial charge in [0.15, 0.2) is 5.82 Å². The Kier molecular flexibility index (Phi) is 4.08. The summed E-state index contributed by atoms with van der Waals surface area (Å²) in [5.41, 5.74) is -0.600. The molecule has 0 unspecified atom stereocenters. The molecule has 0 aromatic carbocycles. The highest BCUT2D eigenvalue weighted by molar-refractivity contribution is 5.74. The smallest absolute Gasteiger partial charge is 0.276 e. The molecule has 2 N–H and O–H groups in total. The van der Waals surface area contributed by atoms with Gasteiger partial charge in [0.2, 0.25) is 11.9 Å². The summed E-state index contributed by atoms with van der Waals surface area (Å²) < 4.78 is 5.31. The maximum Gasteiger partial charge on any atom is 0.276 e. The number of nitrogens with one attached hydrogen (secondary N) is 2. The second-order valence-electron chi connectivity index (χ2n) is 6.24. The molecule has 0 spiro atoms. The van der Waals surface area contributed by atoms with E-state index in [1.165, 1.54) is 13.0 Å². The molecule has 0 atom stereocenters. The van der Waals surface area contributed by atoms with E-state index < -0.39 is 5.54 Å². The molecule has 0 saturated heterocycles. The predicted molar refractivity (Wildman–Crippen MR) is 86.4 cm³/mol. The standard InChI is InChI=1S/C15H20N6O3/c1-9(22)19-15(6-4-5-7-15)13-18-12(24-20-13)10-8-11(23)17-14(16-10)21(2)3/h8H,4-7H2,1-3H3,(H,19,22)(H,16,17,23). The summed E-state index contributed by atoms with van der Waals surface area (Å²) in [5.74, 6) is 0.858. The molecule has 128 valence electrons. The largest absolute Gasteiger partial charge is 0.348 e. The van der Waals surface area contributed by atoms with Crippen molar-refractivity contribution in [1.82, 2.24) is 25.4 Å². The van der Waals surface area contributed by atoms with Gasteiger partial charge in [0.25, 0.3) is 11.4 Å². The van der Waals surface area contributed by atoms with Gasteiger partial charge >= 0.3 is 0 Å². The van der Waals surface area contributed by atoms with Gasteiger partial charge in [-0.3, -0.25) is 14.6 Å². The molecule has 1 aliphatic carbocycles. The van der Waals surface area contributed by atoms with E-state index in [1.54, 1.807) is 19.0 Å². The van der Waals surface area contributed by atoms with Gasteiger partial charge in [-0.15, -0.1) is 0 Å². The Labute approximate surface area is 138 Å². The molecule has 1 amide bonds. The van der Waals surface area contributed by atoms with E-state index in [1.807, 2.05) is 0 Å². The molecule has 24 heavy (non-hydrogen) atoms. The number of amides is 1. The Balaban J connectivity index is 1.98. The average molecular weight is 332 g/mol. The van der Waals surface area contributed by atoms with Gasteiger partial charge in [-0.1, -0.05) is 18.0 Å². The first-order valence-corrected chi connectivity index (χ1v) is 7.82. The summed E-state index contributed by atoms with van der Waals surface area (Å²) in [6.07, 6.45) is 3.49. The van der Waals surface area contributed by atoms with Crippen LogP contribution < -0.4 is 15.8 Å². The second-order valence-corrected chi connectivity index (χ2v) is 6.24. The van der Waals surface area contributed by atoms with Crippen LogP contribution in [0.15, 0.2) is 15.4 Å². The van der Waals surface area contributed by atoms with Crippen LogP contribution in [0.3, 0.4) is 0 Å². The van der Waals surface area contributed by atoms with Gasteiger partial charge in [-0.2, -0.15) is 4.98 Å². The normalized spacial score (nSPS) is 16.1. The van der Waals surface area contributed by atoms with Crippen molar-refractivity contribution in [2.45, 2.75) is 38.1 Å². The number of rotatable bonds is 4. The van der Waals surface area contributed by atoms with E-state index in [9.17, 15) is 9.59 Å². The Bertz CT molecular complexity index is 804. The number of hydrogen-bond donors (Lipinski definition) is 2. The monoisotopic (exact) mass is 332 g/mol. The molecule has 9 nitrogen and oxygen atoms in total. The van der Waals surface area contributed by atoms with Crippen molar-refractivity contribution >= 4 is 11.9 Å². The molecule has 1 saturated carbocycles. The van der Waals surface area contributed by atoms with Crippen LogP contribution in [0.5, 0.6) is 0 Å². The van der Waals surface area contributed by atoms with E-state index >= 15 is 0 Å². The topological polar surface area (TPSA) is 117 Å². The first kappa shape index (κ1) is 16.2. The summed E-state index contributed by atoms with van der Waals surface area (Å²) in [5, 5.41) is 6.99. The van der Waals surface area contributed by atoms with E-state index in [0.29, 0.717) is 17.5 Å². The number of carbonyl (C=O) groups excluding carboxylic acids is 1. The highest BCUT2D eigenvalue weighted by Crippen LogP contribution is 2.37. The number of H-pyrrole nitrogens is 1. The fourth-order valence-corrected chi connectivity index (χ4v) is 3.01. The molecule has 1 aliphatic rings. The highest BCUT2D eigenvalue weighted by atomic mass is 16.5. The number of carbonyl (C=O) groups is 1. The molecule has 0 bridgehead atoms. The van der Waals surface area contributed by atoms with Crippen LogP contribution in [0.25, 0.3) is 11.6 Å². The van der Waals surface area contributed by atoms with Gasteiger partial charge in [0.1, 0.15) is 11.2 Å². The summed E-state index contributed by atoms with van der Waals surface area (Å²) in [6.45, 7) is 1.47. The third-order valence-electron chi connectivity index (χ3n) is 4.10. The predicted octanol–water partition coefficient (Wildman–Crippen LogP) is 0.791. The van der Waals surface area contributed by atoms with Crippen molar-refractivity contribution in [2.75, 3.05) is 19.0 Å². The van der Waals surface area contributed by atoms with Crippen LogP contribution >= 0.6 is 0 Å². The lowest BCUT2D eigenvalue weighted by atomic mass is 9.96. The average Bonchev–Trinajstić information content (AvgIpc) is 3.15. The quantitative estimate of drug-likeness (QED) is 0.850. The minimum atomic E-state index is -0.598. The summed E-state index contributed by atoms with van der Waals surface area (Å²) in [6, 6.07) is 1.31. The zero-order chi connectivity index (χ0) is 17.3. The van der Waals surface area contributed by atoms with Crippen molar-refractivity contribution in [3.05, 3.63) is 22.2 Å². The van der Waals surface area contributed by atoms with Gasteiger partial charge < -0.3 is 14.7 Å². The summed E-state index contributed by atoms with van der Waals surface area (Å²) in [4.78, 5) is 36.4. The molecule has 2 heterocycles. The third kappa shape index (κ3) is 3.01. The first-order chi connectivity index (χ1) is 11.4. The molecule has 3 rings (SSSR count). The Hall–Kier alpha value is -2.71. The number of aromatic amines is 1. The van der Waals surface area contributed by atoms with E-state index in [2.05, 4.69) is 25.4 Å². The third-order valence-corrected chi connectivity index (χ3v) is 4.10. The van der Waals surface area contributed by atoms with Gasteiger partial charge in [-0.25, -0.2) is 4.98 Å². The minimum absolute atomic E-state index is 0.132. The number of anilines is 1. The van der Waals surface area contributed by atoms with Crippen LogP contribution in [0.1, 0.15) is 38.4 Å². The molecule has 0 aliphatic heterocycles. The zero-order valence-electron chi connectivity index (χ0n) is 13.9. The van der Waals surface area contributed by atoms with Crippen molar-refractivity contribution in [2.24, 2.45) is 0 Å². The van der Waals surface area contributed by atoms with Crippen LogP contribution in [0, 0.1) is 0 Å². The van der Waals surface area contributed by atoms with E-state index in [-0.39, 0.29) is 17.4 Å². The van der Waals surface area contributed by atoms with Crippen LogP contribution in [-0.2, 0) is 10.3 Å². The first-order valence-electron chi connectivity index (χ1n) is 7.82. The Morgan fingerprint density at radius 1 is 1.33 bits per heavy atom. The molecular formula is C15H20N6O3. The lowest BCUT2D eigenvalue weighted by molar-refractivity contribution is -0.121. The van der Waals surface area contributed by atoms with Crippen LogP contribution in [0.4, 0.5) is 5.95 Å². The molecule has 2 aromatic rings. The van der Waals surface area contributed by atoms with E-state index in [0.717, 1.165) is 25.7 Å². The molecule has 0 radical (unpaired) electrons. The zero-order valence-corrected chi connectivity index (χ0v) is 13.9. The lowest BCUT2D eigenvalue weighted by Crippen LogP contribution is -2.43. The molecule has 2 aromatic heterocycles. The maximum atomic E-state index is 11.8. The minimum Gasteiger partial charge on any atom is -0.348 e. The molecule has 1 fully saturated rings. The van der Waals surface area contributed by atoms with Gasteiger partial charge in [-0.05, 0) is 12.8 Å². The lowest BCUT2D eigenvalue weighted by Gasteiger charge is -2.25. The number of aromatic nitrogens is 4. The summed E-state index contributed by atoms with van der Waals surface area (Å²) >= 11 is 0. The van der Waals surface area contributed by atoms with Gasteiger partial charge in [0.05, 0.1) is 0 Å². The Morgan fingerprint density at radius 2 is 2.04 bits per heavy atom. The van der Waals surface area contributed by atoms with Crippen molar-refractivity contribution in [3.8, 4) is 11.6 Å². The van der Waals surface area contributed by atoms with Crippen molar-refractivity contribution in [3.63, 3.8) is 0 Å². The highest BCUT2D eigenvalue weighted by Gasteiger charge is 2.41. The van der Waals surface area contributed by atoms with Crippen LogP contribution in [-0.4, -0.2) is 40.1 Å². The fraction of sp³-hybridized carbons (Fsp3) is 0.533. The molecular weight excluding hydrogens is 312 g/mol. The van der Waals surface area contributed by atoms with Crippen molar-refractivity contribution in [1.29, 1.82) is 0 Å². The Morgan fingerprint density at radius 3 is 2.67 bits per heavy atom. The maximum absolute atomic E-state index is 11.8. The SMILES string of the molecule is CC(=O)NC1(c2noc(-c3cc(=O)[nH]c(N(C)C)n3)n2)CCCC1. The van der Waals surface area contributed by atoms with Gasteiger partial charge in [0, 0.05) is 27.1 Å². The number of nitrogens with zero attached hydrogens (tertiary/aromatic N) is 4. The van der Waals surface area contributed by atoms with Crippen LogP contribution in [0.2, 0.25) is 0 Å². The summed E-state index contributed by atoms with van der Waals surface area (Å²) in [7, 11) is 3.54. The van der Waals surface area contributed by atoms with E-state index in [4.69, 9.17) is 4.52 Å². The molecule has 9 heteroatoms.